The van der Waals surface area contributed by atoms with Crippen molar-refractivity contribution in [3.63, 3.8) is 0 Å². The molecule has 1 N–H and O–H groups in total. The highest BCUT2D eigenvalue weighted by Crippen LogP contribution is 2.15. The van der Waals surface area contributed by atoms with Crippen LogP contribution in [0.25, 0.3) is 0 Å². The van der Waals surface area contributed by atoms with Crippen LogP contribution in [0.1, 0.15) is 38.2 Å². The summed E-state index contributed by atoms with van der Waals surface area (Å²) in [6.07, 6.45) is 0.770. The van der Waals surface area contributed by atoms with Crippen molar-refractivity contribution < 1.29 is 0 Å². The Morgan fingerprint density at radius 2 is 2.15 bits per heavy atom. The molecule has 0 bridgehead atoms. The SMILES string of the molecule is CCc1nc(C(C)C)c(I)c(=O)[nH]1. The van der Waals surface area contributed by atoms with E-state index in [0.29, 0.717) is 9.49 Å². The van der Waals surface area contributed by atoms with E-state index in [-0.39, 0.29) is 5.56 Å². The van der Waals surface area contributed by atoms with Gasteiger partial charge in [0.05, 0.1) is 9.26 Å². The number of hydrogen-bond donors (Lipinski definition) is 1. The van der Waals surface area contributed by atoms with E-state index in [0.717, 1.165) is 17.9 Å². The number of aromatic nitrogens is 2. The van der Waals surface area contributed by atoms with E-state index < -0.39 is 0 Å². The molecule has 4 heteroatoms. The van der Waals surface area contributed by atoms with Gasteiger partial charge < -0.3 is 4.98 Å². The van der Waals surface area contributed by atoms with Gasteiger partial charge in [0, 0.05) is 6.42 Å². The molecular formula is C9H13IN2O. The largest absolute Gasteiger partial charge is 0.310 e. The lowest BCUT2D eigenvalue weighted by Crippen LogP contribution is -2.18. The fraction of sp³-hybridized carbons (Fsp3) is 0.556. The molecule has 3 nitrogen and oxygen atoms in total. The third-order valence-electron chi connectivity index (χ3n) is 1.82. The average Bonchev–Trinajstić information content (AvgIpc) is 2.09. The molecule has 0 aromatic carbocycles. The van der Waals surface area contributed by atoms with E-state index in [1.807, 2.05) is 43.4 Å². The Labute approximate surface area is 91.1 Å². The number of halogens is 1. The molecule has 1 aromatic heterocycles. The predicted octanol–water partition coefficient (Wildman–Crippen LogP) is 2.06. The molecule has 0 radical (unpaired) electrons. The van der Waals surface area contributed by atoms with Gasteiger partial charge in [-0.25, -0.2) is 4.98 Å². The van der Waals surface area contributed by atoms with Crippen molar-refractivity contribution in [1.82, 2.24) is 9.97 Å². The summed E-state index contributed by atoms with van der Waals surface area (Å²) in [5, 5.41) is 0. The first-order valence-corrected chi connectivity index (χ1v) is 5.42. The lowest BCUT2D eigenvalue weighted by Gasteiger charge is -2.07. The minimum Gasteiger partial charge on any atom is -0.310 e. The summed E-state index contributed by atoms with van der Waals surface area (Å²) in [7, 11) is 0. The van der Waals surface area contributed by atoms with Crippen LogP contribution in [0, 0.1) is 3.57 Å². The number of hydrogen-bond acceptors (Lipinski definition) is 2. The zero-order valence-electron chi connectivity index (χ0n) is 8.02. The summed E-state index contributed by atoms with van der Waals surface area (Å²) in [5.41, 5.74) is 0.886. The lowest BCUT2D eigenvalue weighted by atomic mass is 10.1. The van der Waals surface area contributed by atoms with E-state index >= 15 is 0 Å². The van der Waals surface area contributed by atoms with Crippen LogP contribution in [0.5, 0.6) is 0 Å². The van der Waals surface area contributed by atoms with Gasteiger partial charge in [-0.05, 0) is 28.5 Å². The predicted molar refractivity (Wildman–Crippen MR) is 61.0 cm³/mol. The molecule has 0 aliphatic rings. The van der Waals surface area contributed by atoms with E-state index in [4.69, 9.17) is 0 Å². The van der Waals surface area contributed by atoms with Gasteiger partial charge >= 0.3 is 0 Å². The molecule has 0 saturated heterocycles. The number of aromatic amines is 1. The Morgan fingerprint density at radius 3 is 2.62 bits per heavy atom. The summed E-state index contributed by atoms with van der Waals surface area (Å²) in [4.78, 5) is 18.6. The van der Waals surface area contributed by atoms with Crippen molar-refractivity contribution in [3.8, 4) is 0 Å². The van der Waals surface area contributed by atoms with Gasteiger partial charge in [0.1, 0.15) is 5.82 Å². The molecule has 0 spiro atoms. The summed E-state index contributed by atoms with van der Waals surface area (Å²) < 4.78 is 0.713. The van der Waals surface area contributed by atoms with Gasteiger partial charge in [-0.2, -0.15) is 0 Å². The number of H-pyrrole nitrogens is 1. The first-order valence-electron chi connectivity index (χ1n) is 4.34. The van der Waals surface area contributed by atoms with Crippen molar-refractivity contribution in [2.75, 3.05) is 0 Å². The highest BCUT2D eigenvalue weighted by Gasteiger charge is 2.10. The third-order valence-corrected chi connectivity index (χ3v) is 2.86. The first-order chi connectivity index (χ1) is 6.06. The zero-order chi connectivity index (χ0) is 10.0. The maximum Gasteiger partial charge on any atom is 0.264 e. The monoisotopic (exact) mass is 292 g/mol. The smallest absolute Gasteiger partial charge is 0.264 e. The van der Waals surface area contributed by atoms with Gasteiger partial charge in [0.15, 0.2) is 0 Å². The minimum atomic E-state index is -0.0175. The van der Waals surface area contributed by atoms with E-state index in [2.05, 4.69) is 9.97 Å². The molecule has 0 atom stereocenters. The number of rotatable bonds is 2. The molecule has 1 heterocycles. The Balaban J connectivity index is 3.33. The van der Waals surface area contributed by atoms with Crippen LogP contribution in [0.4, 0.5) is 0 Å². The van der Waals surface area contributed by atoms with Crippen LogP contribution < -0.4 is 5.56 Å². The van der Waals surface area contributed by atoms with Crippen molar-refractivity contribution >= 4 is 22.6 Å². The number of nitrogens with zero attached hydrogens (tertiary/aromatic N) is 1. The molecule has 1 aromatic rings. The van der Waals surface area contributed by atoms with Gasteiger partial charge in [0.25, 0.3) is 5.56 Å². The average molecular weight is 292 g/mol. The normalized spacial score (nSPS) is 10.8. The van der Waals surface area contributed by atoms with E-state index in [1.54, 1.807) is 0 Å². The van der Waals surface area contributed by atoms with Crippen LogP contribution in [0.3, 0.4) is 0 Å². The van der Waals surface area contributed by atoms with Gasteiger partial charge in [-0.1, -0.05) is 20.8 Å². The van der Waals surface area contributed by atoms with Crippen molar-refractivity contribution in [2.45, 2.75) is 33.1 Å². The molecule has 13 heavy (non-hydrogen) atoms. The summed E-state index contributed by atoms with van der Waals surface area (Å²) in [5.74, 6) is 1.08. The molecule has 0 aliphatic carbocycles. The second kappa shape index (κ2) is 4.21. The van der Waals surface area contributed by atoms with Gasteiger partial charge in [0.2, 0.25) is 0 Å². The lowest BCUT2D eigenvalue weighted by molar-refractivity contribution is 0.769. The zero-order valence-corrected chi connectivity index (χ0v) is 10.2. The van der Waals surface area contributed by atoms with Crippen molar-refractivity contribution in [2.24, 2.45) is 0 Å². The quantitative estimate of drug-likeness (QED) is 0.848. The topological polar surface area (TPSA) is 45.8 Å². The van der Waals surface area contributed by atoms with Crippen molar-refractivity contribution in [3.05, 3.63) is 25.4 Å². The molecule has 0 saturated carbocycles. The standard InChI is InChI=1S/C9H13IN2O/c1-4-6-11-8(5(2)3)7(10)9(13)12-6/h5H,4H2,1-3H3,(H,11,12,13). The second-order valence-electron chi connectivity index (χ2n) is 3.22. The van der Waals surface area contributed by atoms with Crippen LogP contribution in [0.2, 0.25) is 0 Å². The Morgan fingerprint density at radius 1 is 1.54 bits per heavy atom. The van der Waals surface area contributed by atoms with Crippen LogP contribution in [-0.4, -0.2) is 9.97 Å². The number of nitrogens with one attached hydrogen (secondary N) is 1. The van der Waals surface area contributed by atoms with Gasteiger partial charge in [-0.3, -0.25) is 4.79 Å². The highest BCUT2D eigenvalue weighted by molar-refractivity contribution is 14.1. The van der Waals surface area contributed by atoms with E-state index in [1.165, 1.54) is 0 Å². The summed E-state index contributed by atoms with van der Waals surface area (Å²) >= 11 is 2.05. The molecular weight excluding hydrogens is 279 g/mol. The maximum absolute atomic E-state index is 11.4. The third kappa shape index (κ3) is 2.30. The molecule has 0 aliphatic heterocycles. The minimum absolute atomic E-state index is 0.0175. The Hall–Kier alpha value is -0.390. The fourth-order valence-electron chi connectivity index (χ4n) is 1.07. The van der Waals surface area contributed by atoms with Crippen LogP contribution in [-0.2, 0) is 6.42 Å². The maximum atomic E-state index is 11.4. The molecule has 0 unspecified atom stereocenters. The summed E-state index contributed by atoms with van der Waals surface area (Å²) in [6, 6.07) is 0. The number of aryl methyl sites for hydroxylation is 1. The van der Waals surface area contributed by atoms with Crippen molar-refractivity contribution in [1.29, 1.82) is 0 Å². The molecule has 1 rings (SSSR count). The second-order valence-corrected chi connectivity index (χ2v) is 4.30. The molecule has 0 amide bonds. The first kappa shape index (κ1) is 10.7. The molecule has 0 fully saturated rings. The van der Waals surface area contributed by atoms with Crippen LogP contribution in [0.15, 0.2) is 4.79 Å². The Bertz CT molecular complexity index is 357. The van der Waals surface area contributed by atoms with E-state index in [9.17, 15) is 4.79 Å². The fourth-order valence-corrected chi connectivity index (χ4v) is 1.95. The summed E-state index contributed by atoms with van der Waals surface area (Å²) in [6.45, 7) is 6.07. The molecule has 72 valence electrons. The van der Waals surface area contributed by atoms with Gasteiger partial charge in [-0.15, -0.1) is 0 Å². The highest BCUT2D eigenvalue weighted by atomic mass is 127. The van der Waals surface area contributed by atoms with Crippen LogP contribution >= 0.6 is 22.6 Å². The Kier molecular flexibility index (Phi) is 3.47.